The fraction of sp³-hybridized carbons (Fsp3) is 0.842. The molecule has 0 amide bonds. The van der Waals surface area contributed by atoms with E-state index in [9.17, 15) is 0 Å². The van der Waals surface area contributed by atoms with Crippen LogP contribution in [0.3, 0.4) is 0 Å². The van der Waals surface area contributed by atoms with Gasteiger partial charge in [-0.05, 0) is 104 Å². The second-order valence-corrected chi connectivity index (χ2v) is 8.92. The summed E-state index contributed by atoms with van der Waals surface area (Å²) in [4.78, 5) is 0. The summed E-state index contributed by atoms with van der Waals surface area (Å²) < 4.78 is 0. The van der Waals surface area contributed by atoms with Crippen LogP contribution in [0, 0.1) is 52.2 Å². The van der Waals surface area contributed by atoms with Crippen LogP contribution in [0.4, 0.5) is 0 Å². The third-order valence-electron chi connectivity index (χ3n) is 8.52. The lowest BCUT2D eigenvalue weighted by molar-refractivity contribution is 0.0209. The molecule has 6 aliphatic carbocycles. The molecule has 106 valence electrons. The third-order valence-corrected chi connectivity index (χ3v) is 8.52. The standard InChI is InChI=1S/C19H25N/c20-11-2-3-12-13-5-6-19-9-10(19)1-4-17(19)18(13)16-8-15(16)14(12)7-11/h7,10,12-13,15-18,20H,1-6,8-9H2. The summed E-state index contributed by atoms with van der Waals surface area (Å²) in [5.41, 5.74) is 3.54. The van der Waals surface area contributed by atoms with Gasteiger partial charge in [-0.1, -0.05) is 5.57 Å². The van der Waals surface area contributed by atoms with Crippen LogP contribution < -0.4 is 0 Å². The number of hydrogen-bond donors (Lipinski definition) is 1. The van der Waals surface area contributed by atoms with E-state index in [2.05, 4.69) is 6.08 Å². The highest BCUT2D eigenvalue weighted by molar-refractivity contribution is 5.94. The van der Waals surface area contributed by atoms with Crippen molar-refractivity contribution in [1.29, 1.82) is 5.41 Å². The van der Waals surface area contributed by atoms with E-state index >= 15 is 0 Å². The van der Waals surface area contributed by atoms with Gasteiger partial charge in [0.2, 0.25) is 0 Å². The fourth-order valence-corrected chi connectivity index (χ4v) is 7.72. The summed E-state index contributed by atoms with van der Waals surface area (Å²) in [6.45, 7) is 0. The third kappa shape index (κ3) is 1.13. The largest absolute Gasteiger partial charge is 0.305 e. The molecule has 1 nitrogen and oxygen atoms in total. The SMILES string of the molecule is N=C1C=C2C(CC1)C1CCC34CC3CCC4C1C1CC21. The van der Waals surface area contributed by atoms with Crippen molar-refractivity contribution in [1.82, 2.24) is 0 Å². The van der Waals surface area contributed by atoms with Crippen LogP contribution in [-0.2, 0) is 0 Å². The number of rotatable bonds is 0. The monoisotopic (exact) mass is 267 g/mol. The van der Waals surface area contributed by atoms with Crippen molar-refractivity contribution in [2.45, 2.75) is 51.4 Å². The first-order valence-electron chi connectivity index (χ1n) is 9.07. The number of allylic oxidation sites excluding steroid dienone is 2. The summed E-state index contributed by atoms with van der Waals surface area (Å²) in [7, 11) is 0. The molecule has 0 radical (unpaired) electrons. The summed E-state index contributed by atoms with van der Waals surface area (Å²) in [5, 5.41) is 8.03. The molecule has 6 rings (SSSR count). The van der Waals surface area contributed by atoms with E-state index in [4.69, 9.17) is 5.41 Å². The van der Waals surface area contributed by atoms with Gasteiger partial charge in [-0.2, -0.15) is 0 Å². The van der Waals surface area contributed by atoms with Crippen molar-refractivity contribution in [3.63, 3.8) is 0 Å². The van der Waals surface area contributed by atoms with E-state index in [1.807, 2.05) is 0 Å². The maximum Gasteiger partial charge on any atom is 0.0313 e. The van der Waals surface area contributed by atoms with Crippen LogP contribution in [0.2, 0.25) is 0 Å². The van der Waals surface area contributed by atoms with E-state index in [1.54, 1.807) is 31.3 Å². The smallest absolute Gasteiger partial charge is 0.0313 e. The van der Waals surface area contributed by atoms with E-state index in [0.29, 0.717) is 0 Å². The molecule has 1 spiro atoms. The molecule has 5 fully saturated rings. The Hall–Kier alpha value is -0.590. The maximum absolute atomic E-state index is 8.03. The molecular weight excluding hydrogens is 242 g/mol. The molecule has 8 unspecified atom stereocenters. The van der Waals surface area contributed by atoms with Crippen LogP contribution in [0.15, 0.2) is 11.6 Å². The first-order chi connectivity index (χ1) is 9.78. The molecule has 0 aromatic rings. The molecule has 1 heteroatoms. The van der Waals surface area contributed by atoms with Crippen LogP contribution >= 0.6 is 0 Å². The lowest BCUT2D eigenvalue weighted by Crippen LogP contribution is -2.43. The zero-order chi connectivity index (χ0) is 13.1. The Morgan fingerprint density at radius 1 is 1.05 bits per heavy atom. The highest BCUT2D eigenvalue weighted by atomic mass is 14.7. The molecule has 0 bridgehead atoms. The minimum Gasteiger partial charge on any atom is -0.305 e. The molecule has 20 heavy (non-hydrogen) atoms. The van der Waals surface area contributed by atoms with Crippen LogP contribution in [0.5, 0.6) is 0 Å². The van der Waals surface area contributed by atoms with Gasteiger partial charge < -0.3 is 5.41 Å². The zero-order valence-electron chi connectivity index (χ0n) is 12.3. The quantitative estimate of drug-likeness (QED) is 0.671. The van der Waals surface area contributed by atoms with Crippen molar-refractivity contribution in [3.05, 3.63) is 11.6 Å². The van der Waals surface area contributed by atoms with Crippen molar-refractivity contribution in [3.8, 4) is 0 Å². The first kappa shape index (κ1) is 11.0. The lowest BCUT2D eigenvalue weighted by atomic mass is 9.54. The Balaban J connectivity index is 1.42. The Bertz CT molecular complexity index is 546. The van der Waals surface area contributed by atoms with E-state index < -0.39 is 0 Å². The Morgan fingerprint density at radius 3 is 2.90 bits per heavy atom. The predicted octanol–water partition coefficient (Wildman–Crippen LogP) is 4.43. The molecule has 0 heterocycles. The van der Waals surface area contributed by atoms with Gasteiger partial charge in [0.25, 0.3) is 0 Å². The molecule has 0 aliphatic heterocycles. The van der Waals surface area contributed by atoms with Gasteiger partial charge in [0.1, 0.15) is 0 Å². The lowest BCUT2D eigenvalue weighted by Gasteiger charge is -2.50. The number of nitrogens with one attached hydrogen (secondary N) is 1. The van der Waals surface area contributed by atoms with Crippen molar-refractivity contribution >= 4 is 5.71 Å². The molecule has 0 aromatic carbocycles. The summed E-state index contributed by atoms with van der Waals surface area (Å²) in [5.74, 6) is 7.29. The second kappa shape index (κ2) is 3.25. The van der Waals surface area contributed by atoms with Gasteiger partial charge in [-0.25, -0.2) is 0 Å². The van der Waals surface area contributed by atoms with E-state index in [0.717, 1.165) is 59.0 Å². The summed E-state index contributed by atoms with van der Waals surface area (Å²) in [6, 6.07) is 0. The van der Waals surface area contributed by atoms with Gasteiger partial charge in [-0.15, -0.1) is 0 Å². The van der Waals surface area contributed by atoms with Gasteiger partial charge in [-0.3, -0.25) is 0 Å². The normalized spacial score (nSPS) is 61.5. The van der Waals surface area contributed by atoms with Crippen molar-refractivity contribution < 1.29 is 0 Å². The minimum atomic E-state index is 0.872. The van der Waals surface area contributed by atoms with Crippen LogP contribution in [0.25, 0.3) is 0 Å². The molecule has 1 N–H and O–H groups in total. The van der Waals surface area contributed by atoms with Gasteiger partial charge >= 0.3 is 0 Å². The number of hydrogen-bond acceptors (Lipinski definition) is 1. The van der Waals surface area contributed by atoms with Crippen molar-refractivity contribution in [2.75, 3.05) is 0 Å². The fourth-order valence-electron chi connectivity index (χ4n) is 7.72. The van der Waals surface area contributed by atoms with Crippen molar-refractivity contribution in [2.24, 2.45) is 46.8 Å². The van der Waals surface area contributed by atoms with Gasteiger partial charge in [0.05, 0.1) is 0 Å². The minimum absolute atomic E-state index is 0.872. The maximum atomic E-state index is 8.03. The van der Waals surface area contributed by atoms with Crippen LogP contribution in [-0.4, -0.2) is 5.71 Å². The Kier molecular flexibility index (Phi) is 1.80. The molecule has 8 atom stereocenters. The second-order valence-electron chi connectivity index (χ2n) is 8.92. The Labute approximate surface area is 121 Å². The zero-order valence-corrected chi connectivity index (χ0v) is 12.3. The average molecular weight is 267 g/mol. The van der Waals surface area contributed by atoms with E-state index in [1.165, 1.54) is 19.3 Å². The topological polar surface area (TPSA) is 23.9 Å². The van der Waals surface area contributed by atoms with Gasteiger partial charge in [0, 0.05) is 5.71 Å². The van der Waals surface area contributed by atoms with E-state index in [-0.39, 0.29) is 0 Å². The van der Waals surface area contributed by atoms with Crippen LogP contribution in [0.1, 0.15) is 51.4 Å². The average Bonchev–Trinajstić information content (AvgIpc) is 3.35. The highest BCUT2D eigenvalue weighted by Crippen LogP contribution is 2.78. The highest BCUT2D eigenvalue weighted by Gasteiger charge is 2.70. The first-order valence-corrected chi connectivity index (χ1v) is 9.07. The molecule has 0 aromatic heterocycles. The summed E-state index contributed by atoms with van der Waals surface area (Å²) in [6.07, 6.45) is 14.1. The summed E-state index contributed by atoms with van der Waals surface area (Å²) >= 11 is 0. The van der Waals surface area contributed by atoms with Gasteiger partial charge in [0.15, 0.2) is 0 Å². The Morgan fingerprint density at radius 2 is 2.00 bits per heavy atom. The molecule has 6 aliphatic rings. The molecule has 0 saturated heterocycles. The molecular formula is C19H25N. The molecule has 5 saturated carbocycles. The predicted molar refractivity (Wildman–Crippen MR) is 79.6 cm³/mol. The number of fused-ring (bicyclic) bond motifs is 7.